The fourth-order valence-corrected chi connectivity index (χ4v) is 3.13. The molecule has 1 saturated heterocycles. The highest BCUT2D eigenvalue weighted by Gasteiger charge is 2.12. The number of rotatable bonds is 6. The number of nitrogens with one attached hydrogen (secondary N) is 2. The second-order valence-corrected chi connectivity index (χ2v) is 6.08. The number of fused-ring (bicyclic) bond motifs is 1. The van der Waals surface area contributed by atoms with Crippen LogP contribution in [-0.2, 0) is 11.3 Å². The number of nitrogens with zero attached hydrogens (tertiary/aromatic N) is 2. The maximum absolute atomic E-state index is 12.0. The molecule has 1 aliphatic rings. The first-order valence-corrected chi connectivity index (χ1v) is 8.36. The van der Waals surface area contributed by atoms with E-state index >= 15 is 0 Å². The maximum atomic E-state index is 12.0. The molecular weight excluding hydrogens is 308 g/mol. The molecule has 2 N–H and O–H groups in total. The van der Waals surface area contributed by atoms with Crippen LogP contribution >= 0.6 is 0 Å². The minimum absolute atomic E-state index is 0.0867. The zero-order valence-corrected chi connectivity index (χ0v) is 13.6. The van der Waals surface area contributed by atoms with Crippen LogP contribution in [0.3, 0.4) is 0 Å². The molecule has 2 aromatic rings. The third kappa shape index (κ3) is 3.73. The summed E-state index contributed by atoms with van der Waals surface area (Å²) in [5.74, 6) is -0.0867. The average Bonchev–Trinajstić information content (AvgIpc) is 3.08. The predicted octanol–water partition coefficient (Wildman–Crippen LogP) is 0.292. The number of aromatic amines is 1. The van der Waals surface area contributed by atoms with Crippen molar-refractivity contribution in [3.05, 3.63) is 45.1 Å². The molecule has 2 heterocycles. The highest BCUT2D eigenvalue weighted by Crippen LogP contribution is 2.07. The Morgan fingerprint density at radius 2 is 1.88 bits per heavy atom. The standard InChI is InChI=1S/C17H22N4O3/c22-15(18-8-12-20-9-3-4-10-20)7-11-21-14-6-2-1-5-13(14)16(23)19-17(21)24/h1-2,5-6H,3-4,7-12H2,(H,18,22)(H,19,23,24). The Bertz CT molecular complexity index is 834. The fraction of sp³-hybridized carbons (Fsp3) is 0.471. The quantitative estimate of drug-likeness (QED) is 0.797. The second kappa shape index (κ2) is 7.44. The van der Waals surface area contributed by atoms with Crippen LogP contribution in [0.5, 0.6) is 0 Å². The van der Waals surface area contributed by atoms with E-state index in [1.54, 1.807) is 24.3 Å². The van der Waals surface area contributed by atoms with E-state index in [2.05, 4.69) is 15.2 Å². The molecule has 1 amide bonds. The highest BCUT2D eigenvalue weighted by atomic mass is 16.2. The van der Waals surface area contributed by atoms with Crippen molar-refractivity contribution in [3.8, 4) is 0 Å². The third-order valence-corrected chi connectivity index (χ3v) is 4.42. The normalized spacial score (nSPS) is 15.0. The third-order valence-electron chi connectivity index (χ3n) is 4.42. The number of carbonyl (C=O) groups is 1. The Kier molecular flexibility index (Phi) is 5.10. The molecule has 128 valence electrons. The van der Waals surface area contributed by atoms with Gasteiger partial charge in [-0.2, -0.15) is 0 Å². The van der Waals surface area contributed by atoms with Crippen LogP contribution in [0, 0.1) is 0 Å². The Hall–Kier alpha value is -2.41. The van der Waals surface area contributed by atoms with E-state index in [1.807, 2.05) is 0 Å². The van der Waals surface area contributed by atoms with Crippen LogP contribution in [0.15, 0.2) is 33.9 Å². The molecule has 1 aromatic heterocycles. The summed E-state index contributed by atoms with van der Waals surface area (Å²) >= 11 is 0. The number of hydrogen-bond acceptors (Lipinski definition) is 4. The molecular formula is C17H22N4O3. The molecule has 0 bridgehead atoms. The molecule has 0 aliphatic carbocycles. The molecule has 0 unspecified atom stereocenters. The van der Waals surface area contributed by atoms with Crippen LogP contribution in [0.2, 0.25) is 0 Å². The Morgan fingerprint density at radius 1 is 1.12 bits per heavy atom. The Labute approximate surface area is 139 Å². The van der Waals surface area contributed by atoms with Crippen molar-refractivity contribution < 1.29 is 4.79 Å². The number of hydrogen-bond donors (Lipinski definition) is 2. The van der Waals surface area contributed by atoms with Gasteiger partial charge in [-0.1, -0.05) is 12.1 Å². The van der Waals surface area contributed by atoms with E-state index in [1.165, 1.54) is 17.4 Å². The van der Waals surface area contributed by atoms with Gasteiger partial charge in [-0.05, 0) is 38.1 Å². The summed E-state index contributed by atoms with van der Waals surface area (Å²) in [4.78, 5) is 40.4. The summed E-state index contributed by atoms with van der Waals surface area (Å²) in [5.41, 5.74) is -0.332. The lowest BCUT2D eigenvalue weighted by atomic mass is 10.2. The molecule has 0 spiro atoms. The molecule has 0 saturated carbocycles. The first-order chi connectivity index (χ1) is 11.6. The minimum Gasteiger partial charge on any atom is -0.355 e. The van der Waals surface area contributed by atoms with Gasteiger partial charge in [0.25, 0.3) is 5.56 Å². The summed E-state index contributed by atoms with van der Waals surface area (Å²) in [7, 11) is 0. The van der Waals surface area contributed by atoms with Crippen LogP contribution < -0.4 is 16.6 Å². The van der Waals surface area contributed by atoms with E-state index in [9.17, 15) is 14.4 Å². The average molecular weight is 330 g/mol. The van der Waals surface area contributed by atoms with E-state index in [-0.39, 0.29) is 18.9 Å². The molecule has 7 nitrogen and oxygen atoms in total. The Morgan fingerprint density at radius 3 is 2.67 bits per heavy atom. The zero-order valence-electron chi connectivity index (χ0n) is 13.6. The molecule has 1 aromatic carbocycles. The van der Waals surface area contributed by atoms with Gasteiger partial charge < -0.3 is 10.2 Å². The van der Waals surface area contributed by atoms with Gasteiger partial charge in [0.05, 0.1) is 10.9 Å². The molecule has 1 aliphatic heterocycles. The smallest absolute Gasteiger partial charge is 0.328 e. The second-order valence-electron chi connectivity index (χ2n) is 6.08. The zero-order chi connectivity index (χ0) is 16.9. The largest absolute Gasteiger partial charge is 0.355 e. The number of aromatic nitrogens is 2. The van der Waals surface area contributed by atoms with Crippen molar-refractivity contribution in [1.82, 2.24) is 19.8 Å². The van der Waals surface area contributed by atoms with Crippen molar-refractivity contribution in [1.29, 1.82) is 0 Å². The van der Waals surface area contributed by atoms with Gasteiger partial charge in [-0.25, -0.2) is 4.79 Å². The predicted molar refractivity (Wildman–Crippen MR) is 92.1 cm³/mol. The topological polar surface area (TPSA) is 87.2 Å². The van der Waals surface area contributed by atoms with E-state index in [0.29, 0.717) is 17.4 Å². The minimum atomic E-state index is -0.483. The summed E-state index contributed by atoms with van der Waals surface area (Å²) in [5, 5.41) is 3.34. The van der Waals surface area contributed by atoms with Gasteiger partial charge in [0.15, 0.2) is 0 Å². The number of aryl methyl sites for hydroxylation is 1. The number of benzene rings is 1. The van der Waals surface area contributed by atoms with E-state index in [4.69, 9.17) is 0 Å². The number of amides is 1. The fourth-order valence-electron chi connectivity index (χ4n) is 3.13. The van der Waals surface area contributed by atoms with Crippen LogP contribution in [-0.4, -0.2) is 46.5 Å². The van der Waals surface area contributed by atoms with Crippen LogP contribution in [0.4, 0.5) is 0 Å². The van der Waals surface area contributed by atoms with E-state index in [0.717, 1.165) is 19.6 Å². The number of likely N-dealkylation sites (tertiary alicyclic amines) is 1. The number of carbonyl (C=O) groups excluding carboxylic acids is 1. The monoisotopic (exact) mass is 330 g/mol. The van der Waals surface area contributed by atoms with Crippen molar-refractivity contribution >= 4 is 16.8 Å². The molecule has 3 rings (SSSR count). The van der Waals surface area contributed by atoms with Gasteiger partial charge in [0, 0.05) is 26.1 Å². The van der Waals surface area contributed by atoms with Crippen molar-refractivity contribution in [2.45, 2.75) is 25.8 Å². The van der Waals surface area contributed by atoms with Crippen LogP contribution in [0.1, 0.15) is 19.3 Å². The number of H-pyrrole nitrogens is 1. The maximum Gasteiger partial charge on any atom is 0.328 e. The summed E-state index contributed by atoms with van der Waals surface area (Å²) in [6, 6.07) is 6.91. The first-order valence-electron chi connectivity index (χ1n) is 8.36. The van der Waals surface area contributed by atoms with Crippen molar-refractivity contribution in [2.75, 3.05) is 26.2 Å². The molecule has 0 atom stereocenters. The number of para-hydroxylation sites is 1. The molecule has 1 fully saturated rings. The summed E-state index contributed by atoms with van der Waals surface area (Å²) in [6.07, 6.45) is 2.67. The molecule has 24 heavy (non-hydrogen) atoms. The van der Waals surface area contributed by atoms with Crippen LogP contribution in [0.25, 0.3) is 10.9 Å². The lowest BCUT2D eigenvalue weighted by Gasteiger charge is -2.15. The SMILES string of the molecule is O=C(CCn1c(=O)[nH]c(=O)c2ccccc21)NCCN1CCCC1. The van der Waals surface area contributed by atoms with Gasteiger partial charge in [-0.15, -0.1) is 0 Å². The molecule has 7 heteroatoms. The van der Waals surface area contributed by atoms with Gasteiger partial charge >= 0.3 is 5.69 Å². The van der Waals surface area contributed by atoms with Gasteiger partial charge in [-0.3, -0.25) is 19.1 Å². The first kappa shape index (κ1) is 16.4. The Balaban J connectivity index is 1.60. The summed E-state index contributed by atoms with van der Waals surface area (Å²) in [6.45, 7) is 3.95. The van der Waals surface area contributed by atoms with Gasteiger partial charge in [0.1, 0.15) is 0 Å². The van der Waals surface area contributed by atoms with Gasteiger partial charge in [0.2, 0.25) is 5.91 Å². The van der Waals surface area contributed by atoms with E-state index < -0.39 is 11.2 Å². The molecule has 0 radical (unpaired) electrons. The van der Waals surface area contributed by atoms with Crippen molar-refractivity contribution in [3.63, 3.8) is 0 Å². The summed E-state index contributed by atoms with van der Waals surface area (Å²) < 4.78 is 1.44. The van der Waals surface area contributed by atoms with Crippen molar-refractivity contribution in [2.24, 2.45) is 0 Å². The lowest BCUT2D eigenvalue weighted by molar-refractivity contribution is -0.121. The lowest BCUT2D eigenvalue weighted by Crippen LogP contribution is -2.35. The highest BCUT2D eigenvalue weighted by molar-refractivity contribution is 5.78.